The van der Waals surface area contributed by atoms with Crippen LogP contribution in [0, 0.1) is 5.92 Å². The number of carbonyl (C=O) groups excluding carboxylic acids is 1. The summed E-state index contributed by atoms with van der Waals surface area (Å²) in [5, 5.41) is 0. The summed E-state index contributed by atoms with van der Waals surface area (Å²) in [5.41, 5.74) is -0.198. The van der Waals surface area contributed by atoms with Crippen LogP contribution in [0.1, 0.15) is 25.7 Å². The quantitative estimate of drug-likeness (QED) is 0.839. The summed E-state index contributed by atoms with van der Waals surface area (Å²) in [6.07, 6.45) is 5.65. The Balaban J connectivity index is 1.31. The van der Waals surface area contributed by atoms with Gasteiger partial charge in [0.1, 0.15) is 11.7 Å². The fourth-order valence-corrected chi connectivity index (χ4v) is 5.01. The molecule has 1 spiro atoms. The number of hydrogen-bond acceptors (Lipinski definition) is 5. The SMILES string of the molecule is O=C(C1CCSCC1)N1CC2(CC(Oc3ccccn3)CCO2)C1. The molecule has 0 radical (unpaired) electrons. The van der Waals surface area contributed by atoms with E-state index < -0.39 is 0 Å². The summed E-state index contributed by atoms with van der Waals surface area (Å²) in [7, 11) is 0. The van der Waals surface area contributed by atoms with Crippen LogP contribution in [0.3, 0.4) is 0 Å². The normalized spacial score (nSPS) is 26.8. The Hall–Kier alpha value is -1.27. The number of nitrogens with zero attached hydrogens (tertiary/aromatic N) is 2. The predicted octanol–water partition coefficient (Wildman–Crippen LogP) is 2.36. The predicted molar refractivity (Wildman–Crippen MR) is 93.2 cm³/mol. The van der Waals surface area contributed by atoms with Gasteiger partial charge in [-0.05, 0) is 30.4 Å². The average molecular weight is 348 g/mol. The second-order valence-electron chi connectivity index (χ2n) is 7.01. The molecule has 3 saturated heterocycles. The van der Waals surface area contributed by atoms with Crippen molar-refractivity contribution in [2.24, 2.45) is 5.92 Å². The topological polar surface area (TPSA) is 51.7 Å². The zero-order chi connectivity index (χ0) is 16.4. The lowest BCUT2D eigenvalue weighted by Crippen LogP contribution is -2.68. The summed E-state index contributed by atoms with van der Waals surface area (Å²) < 4.78 is 12.0. The van der Waals surface area contributed by atoms with Crippen LogP contribution < -0.4 is 4.74 Å². The van der Waals surface area contributed by atoms with Crippen molar-refractivity contribution in [1.82, 2.24) is 9.88 Å². The molecule has 0 N–H and O–H groups in total. The van der Waals surface area contributed by atoms with Crippen molar-refractivity contribution in [2.45, 2.75) is 37.4 Å². The molecule has 1 atom stereocenters. The number of likely N-dealkylation sites (tertiary alicyclic amines) is 1. The van der Waals surface area contributed by atoms with Crippen LogP contribution in [0.2, 0.25) is 0 Å². The molecule has 0 aromatic carbocycles. The Morgan fingerprint density at radius 1 is 1.29 bits per heavy atom. The van der Waals surface area contributed by atoms with E-state index in [1.165, 1.54) is 0 Å². The van der Waals surface area contributed by atoms with Crippen molar-refractivity contribution in [3.8, 4) is 5.88 Å². The van der Waals surface area contributed by atoms with E-state index >= 15 is 0 Å². The van der Waals surface area contributed by atoms with Crippen molar-refractivity contribution >= 4 is 17.7 Å². The first-order chi connectivity index (χ1) is 11.7. The zero-order valence-corrected chi connectivity index (χ0v) is 14.7. The van der Waals surface area contributed by atoms with Crippen molar-refractivity contribution in [1.29, 1.82) is 0 Å². The highest BCUT2D eigenvalue weighted by Crippen LogP contribution is 2.37. The molecule has 6 heteroatoms. The number of carbonyl (C=O) groups is 1. The van der Waals surface area contributed by atoms with Gasteiger partial charge in [0.25, 0.3) is 0 Å². The van der Waals surface area contributed by atoms with Gasteiger partial charge in [0.2, 0.25) is 11.8 Å². The second-order valence-corrected chi connectivity index (χ2v) is 8.24. The van der Waals surface area contributed by atoms with Gasteiger partial charge in [-0.2, -0.15) is 11.8 Å². The first kappa shape index (κ1) is 16.2. The molecule has 3 aliphatic rings. The molecule has 130 valence electrons. The molecule has 4 heterocycles. The summed E-state index contributed by atoms with van der Waals surface area (Å²) in [6, 6.07) is 5.71. The van der Waals surface area contributed by atoms with Crippen LogP contribution >= 0.6 is 11.8 Å². The third-order valence-corrected chi connectivity index (χ3v) is 6.26. The average Bonchev–Trinajstić information content (AvgIpc) is 2.61. The number of pyridine rings is 1. The minimum absolute atomic E-state index is 0.122. The van der Waals surface area contributed by atoms with Gasteiger partial charge in [0, 0.05) is 31.0 Å². The minimum atomic E-state index is -0.198. The van der Waals surface area contributed by atoms with Crippen molar-refractivity contribution in [3.05, 3.63) is 24.4 Å². The lowest BCUT2D eigenvalue weighted by molar-refractivity contribution is -0.195. The highest BCUT2D eigenvalue weighted by atomic mass is 32.2. The van der Waals surface area contributed by atoms with E-state index in [4.69, 9.17) is 9.47 Å². The smallest absolute Gasteiger partial charge is 0.225 e. The molecule has 1 aromatic heterocycles. The summed E-state index contributed by atoms with van der Waals surface area (Å²) in [4.78, 5) is 18.8. The highest BCUT2D eigenvalue weighted by molar-refractivity contribution is 7.99. The standard InChI is InChI=1S/C18H24N2O3S/c21-17(14-5-9-24-10-6-14)20-12-18(13-20)11-15(4-8-22-18)23-16-3-1-2-7-19-16/h1-3,7,14-15H,4-6,8-13H2. The van der Waals surface area contributed by atoms with Crippen LogP contribution in [-0.2, 0) is 9.53 Å². The van der Waals surface area contributed by atoms with E-state index in [9.17, 15) is 4.79 Å². The molecular weight excluding hydrogens is 324 g/mol. The Labute approximate surface area is 147 Å². The first-order valence-electron chi connectivity index (χ1n) is 8.82. The molecule has 4 rings (SSSR count). The van der Waals surface area contributed by atoms with Crippen LogP contribution in [-0.4, -0.2) is 58.7 Å². The van der Waals surface area contributed by atoms with Crippen LogP contribution in [0.5, 0.6) is 5.88 Å². The van der Waals surface area contributed by atoms with Crippen LogP contribution in [0.25, 0.3) is 0 Å². The lowest BCUT2D eigenvalue weighted by atomic mass is 9.83. The van der Waals surface area contributed by atoms with Gasteiger partial charge < -0.3 is 14.4 Å². The lowest BCUT2D eigenvalue weighted by Gasteiger charge is -2.53. The Morgan fingerprint density at radius 2 is 2.12 bits per heavy atom. The Morgan fingerprint density at radius 3 is 2.88 bits per heavy atom. The summed E-state index contributed by atoms with van der Waals surface area (Å²) in [5.74, 6) is 3.47. The number of aromatic nitrogens is 1. The maximum atomic E-state index is 12.6. The van der Waals surface area contributed by atoms with Gasteiger partial charge >= 0.3 is 0 Å². The zero-order valence-electron chi connectivity index (χ0n) is 13.9. The van der Waals surface area contributed by atoms with Crippen LogP contribution in [0.15, 0.2) is 24.4 Å². The monoisotopic (exact) mass is 348 g/mol. The van der Waals surface area contributed by atoms with E-state index in [0.29, 0.717) is 18.4 Å². The van der Waals surface area contributed by atoms with E-state index in [-0.39, 0.29) is 17.6 Å². The number of ether oxygens (including phenoxy) is 2. The van der Waals surface area contributed by atoms with Gasteiger partial charge in [-0.25, -0.2) is 4.98 Å². The molecule has 1 aromatic rings. The first-order valence-corrected chi connectivity index (χ1v) is 9.98. The highest BCUT2D eigenvalue weighted by Gasteiger charge is 2.50. The molecular formula is C18H24N2O3S. The third kappa shape index (κ3) is 3.40. The molecule has 1 unspecified atom stereocenters. The minimum Gasteiger partial charge on any atom is -0.474 e. The molecule has 0 saturated carbocycles. The molecule has 3 fully saturated rings. The second kappa shape index (κ2) is 6.92. The van der Waals surface area contributed by atoms with E-state index in [2.05, 4.69) is 4.98 Å². The van der Waals surface area contributed by atoms with Gasteiger partial charge in [-0.15, -0.1) is 0 Å². The molecule has 3 aliphatic heterocycles. The number of hydrogen-bond donors (Lipinski definition) is 0. The number of rotatable bonds is 3. The Bertz CT molecular complexity index is 571. The van der Waals surface area contributed by atoms with Crippen molar-refractivity contribution in [2.75, 3.05) is 31.2 Å². The summed E-state index contributed by atoms with van der Waals surface area (Å²) >= 11 is 1.96. The van der Waals surface area contributed by atoms with Gasteiger partial charge in [-0.3, -0.25) is 4.79 Å². The molecule has 24 heavy (non-hydrogen) atoms. The molecule has 0 bridgehead atoms. The Kier molecular flexibility index (Phi) is 4.68. The third-order valence-electron chi connectivity index (χ3n) is 5.21. The van der Waals surface area contributed by atoms with E-state index in [1.54, 1.807) is 6.20 Å². The maximum absolute atomic E-state index is 12.6. The van der Waals surface area contributed by atoms with Crippen molar-refractivity contribution < 1.29 is 14.3 Å². The molecule has 5 nitrogen and oxygen atoms in total. The van der Waals surface area contributed by atoms with Crippen LogP contribution in [0.4, 0.5) is 0 Å². The summed E-state index contributed by atoms with van der Waals surface area (Å²) in [6.45, 7) is 2.13. The fraction of sp³-hybridized carbons (Fsp3) is 0.667. The van der Waals surface area contributed by atoms with Gasteiger partial charge in [0.15, 0.2) is 0 Å². The van der Waals surface area contributed by atoms with E-state index in [1.807, 2.05) is 34.9 Å². The molecule has 0 aliphatic carbocycles. The largest absolute Gasteiger partial charge is 0.474 e. The number of amides is 1. The van der Waals surface area contributed by atoms with E-state index in [0.717, 1.165) is 50.3 Å². The molecule has 1 amide bonds. The van der Waals surface area contributed by atoms with Gasteiger partial charge in [0.05, 0.1) is 19.7 Å². The number of thioether (sulfide) groups is 1. The fourth-order valence-electron chi connectivity index (χ4n) is 3.90. The van der Waals surface area contributed by atoms with Gasteiger partial charge in [-0.1, -0.05) is 6.07 Å². The van der Waals surface area contributed by atoms with Crippen molar-refractivity contribution in [3.63, 3.8) is 0 Å². The maximum Gasteiger partial charge on any atom is 0.225 e.